The third-order valence-corrected chi connectivity index (χ3v) is 7.42. The Labute approximate surface area is 245 Å². The molecule has 2 rings (SSSR count). The number of aromatic nitrogens is 1. The molecule has 1 amide bonds. The van der Waals surface area contributed by atoms with Gasteiger partial charge >= 0.3 is 6.36 Å². The molecule has 224 valence electrons. The van der Waals surface area contributed by atoms with Crippen LogP contribution in [0.4, 0.5) is 18.3 Å². The second-order valence-electron chi connectivity index (χ2n) is 10.6. The van der Waals surface area contributed by atoms with Crippen molar-refractivity contribution in [2.24, 2.45) is 5.92 Å². The van der Waals surface area contributed by atoms with Gasteiger partial charge in [0, 0.05) is 6.07 Å². The molecule has 0 aliphatic heterocycles. The van der Waals surface area contributed by atoms with Gasteiger partial charge in [-0.2, -0.15) is 0 Å². The van der Waals surface area contributed by atoms with Crippen LogP contribution in [0.1, 0.15) is 86.5 Å². The van der Waals surface area contributed by atoms with Crippen molar-refractivity contribution in [3.63, 3.8) is 0 Å². The van der Waals surface area contributed by atoms with Gasteiger partial charge in [0.05, 0.1) is 10.2 Å². The van der Waals surface area contributed by atoms with Crippen LogP contribution < -0.4 is 10.1 Å². The molecule has 1 N–H and O–H groups in total. The number of hydrogen-bond donors (Lipinski definition) is 1. The summed E-state index contributed by atoms with van der Waals surface area (Å²) in [4.78, 5) is 29.3. The normalized spacial score (nSPS) is 13.7. The van der Waals surface area contributed by atoms with Crippen molar-refractivity contribution in [3.8, 4) is 5.75 Å². The third kappa shape index (κ3) is 13.3. The van der Waals surface area contributed by atoms with E-state index in [-0.39, 0.29) is 23.1 Å². The van der Waals surface area contributed by atoms with Crippen molar-refractivity contribution in [2.75, 3.05) is 5.32 Å². The van der Waals surface area contributed by atoms with Gasteiger partial charge in [0.1, 0.15) is 17.5 Å². The van der Waals surface area contributed by atoms with E-state index in [0.29, 0.717) is 10.2 Å². The molecule has 0 fully saturated rings. The monoisotopic (exact) mass is 590 g/mol. The van der Waals surface area contributed by atoms with E-state index in [1.807, 2.05) is 13.0 Å². The molecule has 1 aromatic heterocycles. The van der Waals surface area contributed by atoms with Crippen molar-refractivity contribution in [1.29, 1.82) is 0 Å². The summed E-state index contributed by atoms with van der Waals surface area (Å²) in [6.45, 7) is 11.9. The molecule has 1 aromatic carbocycles. The number of benzene rings is 1. The first-order chi connectivity index (χ1) is 19.2. The quantitative estimate of drug-likeness (QED) is 0.166. The molecule has 0 bridgehead atoms. The number of nitrogens with zero attached hydrogens (tertiary/aromatic N) is 1. The average molecular weight is 591 g/mol. The van der Waals surface area contributed by atoms with Gasteiger partial charge in [-0.1, -0.05) is 57.9 Å². The number of carbonyl (C=O) groups excluding carboxylic acids is 2. The Bertz CT molecular complexity index is 1320. The predicted octanol–water partition coefficient (Wildman–Crippen LogP) is 9.87. The lowest BCUT2D eigenvalue weighted by Gasteiger charge is -2.11. The first kappa shape index (κ1) is 34.0. The number of carbonyl (C=O) groups is 2. The molecule has 0 radical (unpaired) electrons. The number of ketones is 1. The lowest BCUT2D eigenvalue weighted by atomic mass is 9.97. The van der Waals surface area contributed by atoms with Gasteiger partial charge in [-0.05, 0) is 98.6 Å². The van der Waals surface area contributed by atoms with E-state index in [4.69, 9.17) is 0 Å². The van der Waals surface area contributed by atoms with Crippen LogP contribution in [0.25, 0.3) is 10.2 Å². The van der Waals surface area contributed by atoms with Crippen molar-refractivity contribution in [2.45, 2.75) is 92.9 Å². The number of fused-ring (bicyclic) bond motifs is 1. The summed E-state index contributed by atoms with van der Waals surface area (Å²) in [6, 6.07) is 3.76. The highest BCUT2D eigenvalue weighted by Crippen LogP contribution is 2.32. The number of thiazole rings is 1. The maximum Gasteiger partial charge on any atom is 0.573 e. The highest BCUT2D eigenvalue weighted by molar-refractivity contribution is 7.22. The minimum Gasteiger partial charge on any atom is -0.406 e. The summed E-state index contributed by atoms with van der Waals surface area (Å²) in [5.41, 5.74) is 5.64. The fourth-order valence-electron chi connectivity index (χ4n) is 4.11. The number of allylic oxidation sites excluding steroid dienone is 8. The zero-order chi connectivity index (χ0) is 30.6. The van der Waals surface area contributed by atoms with Crippen LogP contribution >= 0.6 is 11.3 Å². The minimum absolute atomic E-state index is 0.208. The smallest absolute Gasteiger partial charge is 0.406 e. The minimum atomic E-state index is -4.80. The fraction of sp³-hybridized carbons (Fsp3) is 0.469. The van der Waals surface area contributed by atoms with Crippen LogP contribution in [-0.2, 0) is 9.59 Å². The molecular formula is C32H41F3N2O3S. The zero-order valence-corrected chi connectivity index (χ0v) is 25.6. The molecule has 0 saturated heterocycles. The largest absolute Gasteiger partial charge is 0.573 e. The Hall–Kier alpha value is -3.20. The van der Waals surface area contributed by atoms with Crippen molar-refractivity contribution >= 4 is 38.4 Å². The van der Waals surface area contributed by atoms with Gasteiger partial charge in [0.25, 0.3) is 0 Å². The number of Topliss-reactive ketones (excluding diaryl/α,β-unsaturated/α-hetero) is 1. The lowest BCUT2D eigenvalue weighted by molar-refractivity contribution is -0.274. The highest BCUT2D eigenvalue weighted by Gasteiger charge is 2.31. The van der Waals surface area contributed by atoms with Crippen LogP contribution in [0, 0.1) is 5.92 Å². The number of amides is 1. The van der Waals surface area contributed by atoms with Gasteiger partial charge in [-0.25, -0.2) is 4.98 Å². The molecule has 1 heterocycles. The number of rotatable bonds is 15. The number of alkyl halides is 3. The third-order valence-electron chi connectivity index (χ3n) is 6.49. The SMILES string of the molecule is CC(=O)C(CC=C(C)CCC=C(C)CCC=C(C)CCC=C(C)C)C(=O)Nc1nc2ccc(OC(F)(F)F)cc2s1. The predicted molar refractivity (Wildman–Crippen MR) is 162 cm³/mol. The second-order valence-corrected chi connectivity index (χ2v) is 11.7. The van der Waals surface area contributed by atoms with Crippen LogP contribution in [0.2, 0.25) is 0 Å². The number of ether oxygens (including phenoxy) is 1. The molecule has 41 heavy (non-hydrogen) atoms. The van der Waals surface area contributed by atoms with Gasteiger partial charge in [0.2, 0.25) is 5.91 Å². The molecular weight excluding hydrogens is 549 g/mol. The maximum absolute atomic E-state index is 12.9. The summed E-state index contributed by atoms with van der Waals surface area (Å²) >= 11 is 1.01. The van der Waals surface area contributed by atoms with Crippen molar-refractivity contribution in [3.05, 3.63) is 64.8 Å². The van der Waals surface area contributed by atoms with Crippen LogP contribution in [0.3, 0.4) is 0 Å². The topological polar surface area (TPSA) is 68.3 Å². The van der Waals surface area contributed by atoms with E-state index in [2.05, 4.69) is 61.0 Å². The Balaban J connectivity index is 1.87. The molecule has 0 aliphatic rings. The Morgan fingerprint density at radius 1 is 0.902 bits per heavy atom. The van der Waals surface area contributed by atoms with Crippen LogP contribution in [0.15, 0.2) is 64.8 Å². The maximum atomic E-state index is 12.9. The number of hydrogen-bond acceptors (Lipinski definition) is 5. The van der Waals surface area contributed by atoms with E-state index in [1.165, 1.54) is 35.8 Å². The van der Waals surface area contributed by atoms with E-state index < -0.39 is 18.2 Å². The van der Waals surface area contributed by atoms with E-state index >= 15 is 0 Å². The van der Waals surface area contributed by atoms with Crippen molar-refractivity contribution in [1.82, 2.24) is 4.98 Å². The summed E-state index contributed by atoms with van der Waals surface area (Å²) in [7, 11) is 0. The summed E-state index contributed by atoms with van der Waals surface area (Å²) < 4.78 is 41.9. The zero-order valence-electron chi connectivity index (χ0n) is 24.8. The highest BCUT2D eigenvalue weighted by atomic mass is 32.1. The lowest BCUT2D eigenvalue weighted by Crippen LogP contribution is -2.27. The van der Waals surface area contributed by atoms with Gasteiger partial charge in [0.15, 0.2) is 5.13 Å². The Morgan fingerprint density at radius 2 is 1.46 bits per heavy atom. The molecule has 2 aromatic rings. The fourth-order valence-corrected chi connectivity index (χ4v) is 5.01. The molecule has 1 atom stereocenters. The molecule has 0 saturated carbocycles. The standard InChI is InChI=1S/C32H41F3N2O3S/c1-21(2)10-7-11-22(3)12-8-13-23(4)14-9-15-24(5)16-18-27(25(6)38)30(39)37-31-36-28-19-17-26(20-29(28)41-31)40-32(33,34)35/h10,12,14,16-17,19-20,27H,7-9,11,13,15,18H2,1-6H3,(H,36,37,39). The van der Waals surface area contributed by atoms with E-state index in [9.17, 15) is 22.8 Å². The number of anilines is 1. The van der Waals surface area contributed by atoms with Gasteiger partial charge in [-0.15, -0.1) is 13.2 Å². The molecule has 0 aliphatic carbocycles. The molecule has 9 heteroatoms. The van der Waals surface area contributed by atoms with Crippen molar-refractivity contribution < 1.29 is 27.5 Å². The van der Waals surface area contributed by atoms with E-state index in [0.717, 1.165) is 61.5 Å². The summed E-state index contributed by atoms with van der Waals surface area (Å²) in [6.07, 6.45) is 10.2. The summed E-state index contributed by atoms with van der Waals surface area (Å²) in [5.74, 6) is -2.01. The first-order valence-corrected chi connectivity index (χ1v) is 14.6. The average Bonchev–Trinajstić information content (AvgIpc) is 3.24. The number of nitrogens with one attached hydrogen (secondary N) is 1. The van der Waals surface area contributed by atoms with Crippen LogP contribution in [0.5, 0.6) is 5.75 Å². The van der Waals surface area contributed by atoms with E-state index in [1.54, 1.807) is 0 Å². The van der Waals surface area contributed by atoms with Gasteiger partial charge < -0.3 is 10.1 Å². The molecule has 0 spiro atoms. The Kier molecular flexibility index (Phi) is 13.5. The van der Waals surface area contributed by atoms with Crippen LogP contribution in [-0.4, -0.2) is 23.0 Å². The number of halogens is 3. The van der Waals surface area contributed by atoms with Gasteiger partial charge in [-0.3, -0.25) is 9.59 Å². The first-order valence-electron chi connectivity index (χ1n) is 13.8. The summed E-state index contributed by atoms with van der Waals surface area (Å²) in [5, 5.41) is 2.85. The second kappa shape index (κ2) is 16.3. The molecule has 1 unspecified atom stereocenters. The Morgan fingerprint density at radius 3 is 2.00 bits per heavy atom. The molecule has 5 nitrogen and oxygen atoms in total.